The van der Waals surface area contributed by atoms with Gasteiger partial charge >= 0.3 is 47.8 Å². The third-order valence-electron chi connectivity index (χ3n) is 8.07. The van der Waals surface area contributed by atoms with Gasteiger partial charge in [-0.25, -0.2) is 28.8 Å². The molecule has 16 nitrogen and oxygen atoms in total. The maximum Gasteiger partial charge on any atom is 0.339 e. The van der Waals surface area contributed by atoms with Crippen molar-refractivity contribution < 1.29 is 76.3 Å². The summed E-state index contributed by atoms with van der Waals surface area (Å²) < 4.78 is 42.5. The fraction of sp³-hybridized carbons (Fsp3) is 0.459. The van der Waals surface area contributed by atoms with Gasteiger partial charge in [0.15, 0.2) is 0 Å². The smallest absolute Gasteiger partial charge is 0.339 e. The number of hydrogen-bond acceptors (Lipinski definition) is 16. The van der Waals surface area contributed by atoms with Gasteiger partial charge in [0.2, 0.25) is 0 Å². The average molecular weight is 743 g/mol. The Kier molecular flexibility index (Phi) is 14.6. The third kappa shape index (κ3) is 8.64. The van der Waals surface area contributed by atoms with Gasteiger partial charge in [0.25, 0.3) is 0 Å². The summed E-state index contributed by atoms with van der Waals surface area (Å²) in [6, 6.07) is 0. The Morgan fingerprint density at radius 3 is 1.19 bits per heavy atom. The van der Waals surface area contributed by atoms with Crippen molar-refractivity contribution in [1.29, 1.82) is 0 Å². The molecule has 0 heterocycles. The van der Waals surface area contributed by atoms with Gasteiger partial charge in [-0.15, -0.1) is 0 Å². The van der Waals surface area contributed by atoms with Crippen LogP contribution in [0.25, 0.3) is 11.1 Å². The zero-order chi connectivity index (χ0) is 39.6. The summed E-state index contributed by atoms with van der Waals surface area (Å²) >= 11 is 0. The molecule has 2 aromatic rings. The SMILES string of the molecule is CCOC(=O)c1c(COC(C)=O)c(-c2c(COC(C)=O)c(C(=O)OC)c3c(c2C(=O)OC)CCC3)c(C(=O)OCC)c(C(=O)OCC)c1C(=O)OCC. The summed E-state index contributed by atoms with van der Waals surface area (Å²) in [5.74, 6) is -8.64. The number of carbonyl (C=O) groups is 8. The molecular weight excluding hydrogens is 700 g/mol. The van der Waals surface area contributed by atoms with E-state index in [0.717, 1.165) is 28.1 Å². The van der Waals surface area contributed by atoms with E-state index >= 15 is 0 Å². The zero-order valence-corrected chi connectivity index (χ0v) is 30.9. The number of benzene rings is 2. The number of fused-ring (bicyclic) bond motifs is 1. The van der Waals surface area contributed by atoms with Gasteiger partial charge in [0.1, 0.15) is 13.2 Å². The van der Waals surface area contributed by atoms with E-state index in [1.54, 1.807) is 0 Å². The second-order valence-corrected chi connectivity index (χ2v) is 11.2. The van der Waals surface area contributed by atoms with Gasteiger partial charge in [0.05, 0.1) is 74.0 Å². The first-order chi connectivity index (χ1) is 25.2. The van der Waals surface area contributed by atoms with Crippen LogP contribution in [0.15, 0.2) is 0 Å². The minimum Gasteiger partial charge on any atom is -0.465 e. The van der Waals surface area contributed by atoms with Crippen LogP contribution < -0.4 is 0 Å². The van der Waals surface area contributed by atoms with Gasteiger partial charge in [-0.3, -0.25) is 9.59 Å². The number of ether oxygens (including phenoxy) is 8. The Bertz CT molecular complexity index is 1840. The van der Waals surface area contributed by atoms with Crippen molar-refractivity contribution in [2.45, 2.75) is 74.0 Å². The predicted molar refractivity (Wildman–Crippen MR) is 181 cm³/mol. The van der Waals surface area contributed by atoms with E-state index in [2.05, 4.69) is 0 Å². The summed E-state index contributed by atoms with van der Waals surface area (Å²) in [4.78, 5) is 109. The van der Waals surface area contributed by atoms with Crippen LogP contribution in [0.2, 0.25) is 0 Å². The Labute approximate surface area is 305 Å². The lowest BCUT2D eigenvalue weighted by atomic mass is 9.77. The summed E-state index contributed by atoms with van der Waals surface area (Å²) in [7, 11) is 2.19. The third-order valence-corrected chi connectivity index (χ3v) is 8.07. The average Bonchev–Trinajstić information content (AvgIpc) is 3.60. The normalized spacial score (nSPS) is 11.5. The van der Waals surface area contributed by atoms with Crippen molar-refractivity contribution >= 4 is 47.8 Å². The van der Waals surface area contributed by atoms with Crippen LogP contribution in [0.1, 0.15) is 132 Å². The first-order valence-corrected chi connectivity index (χ1v) is 16.8. The van der Waals surface area contributed by atoms with Crippen molar-refractivity contribution in [3.63, 3.8) is 0 Å². The largest absolute Gasteiger partial charge is 0.465 e. The molecule has 0 unspecified atom stereocenters. The number of rotatable bonds is 15. The quantitative estimate of drug-likeness (QED) is 0.184. The van der Waals surface area contributed by atoms with Crippen molar-refractivity contribution in [1.82, 2.24) is 0 Å². The van der Waals surface area contributed by atoms with Crippen molar-refractivity contribution in [3.05, 3.63) is 55.6 Å². The molecule has 53 heavy (non-hydrogen) atoms. The molecule has 0 fully saturated rings. The van der Waals surface area contributed by atoms with Crippen LogP contribution >= 0.6 is 0 Å². The molecule has 0 radical (unpaired) electrons. The molecule has 1 aliphatic carbocycles. The van der Waals surface area contributed by atoms with Crippen molar-refractivity contribution in [2.75, 3.05) is 40.6 Å². The van der Waals surface area contributed by atoms with E-state index in [1.165, 1.54) is 27.7 Å². The lowest BCUT2D eigenvalue weighted by Gasteiger charge is -2.28. The predicted octanol–water partition coefficient (Wildman–Crippen LogP) is 4.25. The zero-order valence-electron chi connectivity index (χ0n) is 30.9. The summed E-state index contributed by atoms with van der Waals surface area (Å²) in [6.45, 7) is 5.29. The fourth-order valence-electron chi connectivity index (χ4n) is 6.22. The topological polar surface area (TPSA) is 210 Å². The highest BCUT2D eigenvalue weighted by Gasteiger charge is 2.43. The maximum absolute atomic E-state index is 14.3. The summed E-state index contributed by atoms with van der Waals surface area (Å²) in [5, 5.41) is 0. The van der Waals surface area contributed by atoms with E-state index in [4.69, 9.17) is 37.9 Å². The Morgan fingerprint density at radius 1 is 0.434 bits per heavy atom. The van der Waals surface area contributed by atoms with E-state index in [0.29, 0.717) is 12.0 Å². The van der Waals surface area contributed by atoms with Crippen LogP contribution in [0.5, 0.6) is 0 Å². The first kappa shape index (κ1) is 41.6. The second-order valence-electron chi connectivity index (χ2n) is 11.2. The maximum atomic E-state index is 14.3. The van der Waals surface area contributed by atoms with Crippen LogP contribution in [0.4, 0.5) is 0 Å². The molecule has 0 spiro atoms. The molecular formula is C37H42O16. The lowest BCUT2D eigenvalue weighted by molar-refractivity contribution is -0.143. The van der Waals surface area contributed by atoms with Crippen LogP contribution in [-0.2, 0) is 73.5 Å². The lowest BCUT2D eigenvalue weighted by Crippen LogP contribution is -2.28. The van der Waals surface area contributed by atoms with Crippen LogP contribution in [-0.4, -0.2) is 88.4 Å². The first-order valence-electron chi connectivity index (χ1n) is 16.8. The number of methoxy groups -OCH3 is 2. The molecule has 3 rings (SSSR count). The number of carbonyl (C=O) groups excluding carboxylic acids is 8. The number of esters is 8. The molecule has 0 amide bonds. The molecule has 0 saturated carbocycles. The Balaban J connectivity index is 3.02. The van der Waals surface area contributed by atoms with Gasteiger partial charge in [-0.05, 0) is 58.1 Å². The van der Waals surface area contributed by atoms with Crippen molar-refractivity contribution in [2.24, 2.45) is 0 Å². The summed E-state index contributed by atoms with van der Waals surface area (Å²) in [6.07, 6.45) is 0.913. The van der Waals surface area contributed by atoms with E-state index in [1.807, 2.05) is 0 Å². The highest BCUT2D eigenvalue weighted by atomic mass is 16.6. The highest BCUT2D eigenvalue weighted by molar-refractivity contribution is 6.20. The Morgan fingerprint density at radius 2 is 0.774 bits per heavy atom. The van der Waals surface area contributed by atoms with Gasteiger partial charge in [-0.2, -0.15) is 0 Å². The molecule has 0 bridgehead atoms. The standard InChI is InChI=1S/C37H42O16/c1-9-48-34(42)28-23(17-53-19(6)39)26(29(35(43)49-10-2)31(37(45)51-12-4)30(28)36(44)50-11-3)25-22(16-52-18(5)38)24(32(40)46-7)20-14-13-15-21(20)27(25)33(41)47-8/h9-17H2,1-8H3. The molecule has 0 N–H and O–H groups in total. The van der Waals surface area contributed by atoms with E-state index < -0.39 is 94.3 Å². The minimum atomic E-state index is -1.29. The molecule has 0 aromatic heterocycles. The number of hydrogen-bond donors (Lipinski definition) is 0. The van der Waals surface area contributed by atoms with E-state index in [-0.39, 0.29) is 67.1 Å². The molecule has 0 atom stereocenters. The van der Waals surface area contributed by atoms with Crippen molar-refractivity contribution in [3.8, 4) is 11.1 Å². The van der Waals surface area contributed by atoms with E-state index in [9.17, 15) is 38.4 Å². The van der Waals surface area contributed by atoms with Gasteiger partial charge < -0.3 is 37.9 Å². The van der Waals surface area contributed by atoms with Crippen LogP contribution in [0.3, 0.4) is 0 Å². The molecule has 0 saturated heterocycles. The molecule has 16 heteroatoms. The fourth-order valence-corrected chi connectivity index (χ4v) is 6.22. The van der Waals surface area contributed by atoms with Gasteiger partial charge in [-0.1, -0.05) is 0 Å². The van der Waals surface area contributed by atoms with Gasteiger partial charge in [0, 0.05) is 36.1 Å². The monoisotopic (exact) mass is 742 g/mol. The second kappa shape index (κ2) is 18.6. The summed E-state index contributed by atoms with van der Waals surface area (Å²) in [5.41, 5.74) is -4.19. The molecule has 1 aliphatic rings. The highest BCUT2D eigenvalue weighted by Crippen LogP contribution is 2.46. The van der Waals surface area contributed by atoms with Crippen LogP contribution in [0, 0.1) is 0 Å². The molecule has 2 aromatic carbocycles. The Hall–Kier alpha value is -5.80. The molecule has 286 valence electrons. The minimum absolute atomic E-state index is 0.137. The molecule has 0 aliphatic heterocycles.